The van der Waals surface area contributed by atoms with Gasteiger partial charge in [-0.15, -0.1) is 11.3 Å². The van der Waals surface area contributed by atoms with E-state index in [1.807, 2.05) is 26.0 Å². The number of aliphatic hydroxyl groups excluding tert-OH is 1. The average molecular weight is 327 g/mol. The first-order valence-electron chi connectivity index (χ1n) is 6.71. The van der Waals surface area contributed by atoms with Gasteiger partial charge < -0.3 is 16.2 Å². The molecule has 0 unspecified atom stereocenters. The third kappa shape index (κ3) is 3.48. The van der Waals surface area contributed by atoms with E-state index < -0.39 is 0 Å². The van der Waals surface area contributed by atoms with Crippen molar-refractivity contribution in [1.29, 1.82) is 0 Å². The Balaban J connectivity index is 2.21. The first kappa shape index (κ1) is 16.1. The van der Waals surface area contributed by atoms with Crippen molar-refractivity contribution in [2.45, 2.75) is 20.3 Å². The van der Waals surface area contributed by atoms with Gasteiger partial charge in [0, 0.05) is 23.2 Å². The van der Waals surface area contributed by atoms with Crippen molar-refractivity contribution >= 4 is 44.6 Å². The lowest BCUT2D eigenvalue weighted by atomic mass is 9.90. The molecule has 4 N–H and O–H groups in total. The Bertz CT molecular complexity index is 667. The smallest absolute Gasteiger partial charge is 0.263 e. The molecule has 0 saturated heterocycles. The van der Waals surface area contributed by atoms with Crippen molar-refractivity contribution in [2.75, 3.05) is 18.9 Å². The molecule has 114 valence electrons. The van der Waals surface area contributed by atoms with Gasteiger partial charge in [-0.05, 0) is 24.0 Å². The van der Waals surface area contributed by atoms with E-state index in [1.54, 1.807) is 6.07 Å². The number of carbonyl (C=O) groups excluding carboxylic acids is 1. The summed E-state index contributed by atoms with van der Waals surface area (Å²) in [5.74, 6) is -0.198. The molecule has 0 atom stereocenters. The lowest BCUT2D eigenvalue weighted by Gasteiger charge is -2.23. The zero-order chi connectivity index (χ0) is 15.6. The maximum absolute atomic E-state index is 12.3. The highest BCUT2D eigenvalue weighted by atomic mass is 35.5. The Morgan fingerprint density at radius 2 is 2.19 bits per heavy atom. The maximum atomic E-state index is 12.3. The van der Waals surface area contributed by atoms with Gasteiger partial charge in [0.2, 0.25) is 0 Å². The fourth-order valence-corrected chi connectivity index (χ4v) is 3.49. The molecule has 0 spiro atoms. The van der Waals surface area contributed by atoms with Crippen molar-refractivity contribution in [2.24, 2.45) is 5.41 Å². The standard InChI is InChI=1S/C15H19ClN2O2S/c1-15(2,6-7-19)8-18-14(20)13-12(17)11-9(16)4-3-5-10(11)21-13/h3-5,19H,6-8,17H2,1-2H3,(H,18,20). The Labute approximate surface area is 132 Å². The summed E-state index contributed by atoms with van der Waals surface area (Å²) in [6.07, 6.45) is 0.626. The molecule has 0 radical (unpaired) electrons. The van der Waals surface area contributed by atoms with Crippen LogP contribution in [-0.2, 0) is 0 Å². The summed E-state index contributed by atoms with van der Waals surface area (Å²) in [6, 6.07) is 5.50. The van der Waals surface area contributed by atoms with Crippen LogP contribution in [0.5, 0.6) is 0 Å². The highest BCUT2D eigenvalue weighted by molar-refractivity contribution is 7.21. The lowest BCUT2D eigenvalue weighted by molar-refractivity contribution is 0.0933. The van der Waals surface area contributed by atoms with Crippen molar-refractivity contribution in [3.05, 3.63) is 28.1 Å². The normalized spacial score (nSPS) is 11.8. The van der Waals surface area contributed by atoms with E-state index in [0.29, 0.717) is 28.6 Å². The van der Waals surface area contributed by atoms with Gasteiger partial charge in [-0.25, -0.2) is 0 Å². The molecule has 0 aliphatic heterocycles. The molecule has 0 fully saturated rings. The fraction of sp³-hybridized carbons (Fsp3) is 0.400. The quantitative estimate of drug-likeness (QED) is 0.789. The molecule has 2 rings (SSSR count). The van der Waals surface area contributed by atoms with Crippen LogP contribution in [0.1, 0.15) is 29.9 Å². The summed E-state index contributed by atoms with van der Waals surface area (Å²) in [5, 5.41) is 13.2. The Morgan fingerprint density at radius 3 is 2.81 bits per heavy atom. The number of benzene rings is 1. The van der Waals surface area contributed by atoms with Crippen LogP contribution in [0.2, 0.25) is 5.02 Å². The van der Waals surface area contributed by atoms with Crippen molar-refractivity contribution in [3.63, 3.8) is 0 Å². The summed E-state index contributed by atoms with van der Waals surface area (Å²) >= 11 is 7.48. The van der Waals surface area contributed by atoms with E-state index in [1.165, 1.54) is 11.3 Å². The van der Waals surface area contributed by atoms with Gasteiger partial charge in [0.25, 0.3) is 5.91 Å². The van der Waals surface area contributed by atoms with Crippen molar-refractivity contribution in [1.82, 2.24) is 5.32 Å². The molecule has 0 bridgehead atoms. The number of carbonyl (C=O) groups is 1. The number of rotatable bonds is 5. The third-order valence-electron chi connectivity index (χ3n) is 3.42. The Morgan fingerprint density at radius 1 is 1.48 bits per heavy atom. The van der Waals surface area contributed by atoms with E-state index in [2.05, 4.69) is 5.32 Å². The third-order valence-corrected chi connectivity index (χ3v) is 4.91. The SMILES string of the molecule is CC(C)(CCO)CNC(=O)c1sc2cccc(Cl)c2c1N. The van der Waals surface area contributed by atoms with E-state index >= 15 is 0 Å². The van der Waals surface area contributed by atoms with Crippen LogP contribution in [0.3, 0.4) is 0 Å². The second-order valence-corrected chi connectivity index (χ2v) is 7.24. The van der Waals surface area contributed by atoms with Crippen LogP contribution < -0.4 is 11.1 Å². The Hall–Kier alpha value is -1.30. The average Bonchev–Trinajstić information content (AvgIpc) is 2.75. The number of nitrogens with one attached hydrogen (secondary N) is 1. The van der Waals surface area contributed by atoms with Crippen LogP contribution in [0.25, 0.3) is 10.1 Å². The summed E-state index contributed by atoms with van der Waals surface area (Å²) in [5.41, 5.74) is 6.33. The minimum absolute atomic E-state index is 0.101. The fourth-order valence-electron chi connectivity index (χ4n) is 2.09. The largest absolute Gasteiger partial charge is 0.397 e. The minimum atomic E-state index is -0.198. The number of thiophene rings is 1. The second-order valence-electron chi connectivity index (χ2n) is 5.78. The second kappa shape index (κ2) is 6.22. The molecule has 1 heterocycles. The molecule has 1 amide bonds. The monoisotopic (exact) mass is 326 g/mol. The van der Waals surface area contributed by atoms with Gasteiger partial charge in [-0.2, -0.15) is 0 Å². The molecular formula is C15H19ClN2O2S. The zero-order valence-corrected chi connectivity index (χ0v) is 13.6. The minimum Gasteiger partial charge on any atom is -0.397 e. The zero-order valence-electron chi connectivity index (χ0n) is 12.1. The number of amides is 1. The molecule has 4 nitrogen and oxygen atoms in total. The first-order valence-corrected chi connectivity index (χ1v) is 7.91. The van der Waals surface area contributed by atoms with E-state index in [-0.39, 0.29) is 17.9 Å². The number of hydrogen-bond donors (Lipinski definition) is 3. The first-order chi connectivity index (χ1) is 9.85. The molecule has 1 aromatic carbocycles. The number of fused-ring (bicyclic) bond motifs is 1. The molecule has 0 saturated carbocycles. The van der Waals surface area contributed by atoms with Crippen LogP contribution in [-0.4, -0.2) is 24.2 Å². The van der Waals surface area contributed by atoms with E-state index in [9.17, 15) is 4.79 Å². The van der Waals surface area contributed by atoms with Gasteiger partial charge in [-0.1, -0.05) is 31.5 Å². The maximum Gasteiger partial charge on any atom is 0.263 e. The van der Waals surface area contributed by atoms with Gasteiger partial charge in [0.15, 0.2) is 0 Å². The van der Waals surface area contributed by atoms with Crippen molar-refractivity contribution in [3.8, 4) is 0 Å². The topological polar surface area (TPSA) is 75.3 Å². The highest BCUT2D eigenvalue weighted by Gasteiger charge is 2.22. The molecular weight excluding hydrogens is 308 g/mol. The van der Waals surface area contributed by atoms with Gasteiger partial charge >= 0.3 is 0 Å². The molecule has 6 heteroatoms. The van der Waals surface area contributed by atoms with E-state index in [4.69, 9.17) is 22.4 Å². The van der Waals surface area contributed by atoms with E-state index in [0.717, 1.165) is 10.1 Å². The summed E-state index contributed by atoms with van der Waals surface area (Å²) in [6.45, 7) is 4.57. The molecule has 21 heavy (non-hydrogen) atoms. The number of anilines is 1. The lowest BCUT2D eigenvalue weighted by Crippen LogP contribution is -2.34. The van der Waals surface area contributed by atoms with Crippen LogP contribution >= 0.6 is 22.9 Å². The summed E-state index contributed by atoms with van der Waals surface area (Å²) < 4.78 is 0.903. The van der Waals surface area contributed by atoms with Crippen molar-refractivity contribution < 1.29 is 9.90 Å². The predicted octanol–water partition coefficient (Wildman–Crippen LogP) is 3.28. The summed E-state index contributed by atoms with van der Waals surface area (Å²) in [4.78, 5) is 12.8. The Kier molecular flexibility index (Phi) is 4.76. The number of nitrogens with two attached hydrogens (primary N) is 1. The molecule has 1 aromatic heterocycles. The predicted molar refractivity (Wildman–Crippen MR) is 89.1 cm³/mol. The van der Waals surface area contributed by atoms with Crippen LogP contribution in [0, 0.1) is 5.41 Å². The summed E-state index contributed by atoms with van der Waals surface area (Å²) in [7, 11) is 0. The van der Waals surface area contributed by atoms with Gasteiger partial charge in [0.05, 0.1) is 10.7 Å². The van der Waals surface area contributed by atoms with Gasteiger partial charge in [-0.3, -0.25) is 4.79 Å². The number of aliphatic hydroxyl groups is 1. The molecule has 2 aromatic rings. The molecule has 0 aliphatic rings. The molecule has 0 aliphatic carbocycles. The number of hydrogen-bond acceptors (Lipinski definition) is 4. The highest BCUT2D eigenvalue weighted by Crippen LogP contribution is 2.38. The number of nitrogen functional groups attached to an aromatic ring is 1. The van der Waals surface area contributed by atoms with Gasteiger partial charge in [0.1, 0.15) is 4.88 Å². The van der Waals surface area contributed by atoms with Crippen LogP contribution in [0.15, 0.2) is 18.2 Å². The number of halogens is 1. The van der Waals surface area contributed by atoms with Crippen LogP contribution in [0.4, 0.5) is 5.69 Å².